The van der Waals surface area contributed by atoms with Gasteiger partial charge >= 0.3 is 0 Å². The van der Waals surface area contributed by atoms with Crippen molar-refractivity contribution in [3.63, 3.8) is 0 Å². The zero-order valence-corrected chi connectivity index (χ0v) is 11.0. The van der Waals surface area contributed by atoms with Crippen LogP contribution in [0.4, 0.5) is 0 Å². The number of hydrogen-bond acceptors (Lipinski definition) is 0. The van der Waals surface area contributed by atoms with E-state index in [1.807, 2.05) is 0 Å². The summed E-state index contributed by atoms with van der Waals surface area (Å²) in [7, 11) is 0. The van der Waals surface area contributed by atoms with Crippen molar-refractivity contribution in [1.82, 2.24) is 0 Å². The lowest BCUT2D eigenvalue weighted by molar-refractivity contribution is 0.667. The summed E-state index contributed by atoms with van der Waals surface area (Å²) in [6.45, 7) is 4.50. The van der Waals surface area contributed by atoms with Gasteiger partial charge < -0.3 is 0 Å². The maximum atomic E-state index is 2.27. The Bertz CT molecular complexity index is 482. The molecule has 0 unspecified atom stereocenters. The van der Waals surface area contributed by atoms with Crippen LogP contribution in [0.5, 0.6) is 0 Å². The van der Waals surface area contributed by atoms with E-state index >= 15 is 0 Å². The first-order chi connectivity index (χ1) is 8.33. The molecule has 0 heterocycles. The van der Waals surface area contributed by atoms with Crippen LogP contribution < -0.4 is 0 Å². The average Bonchev–Trinajstić information content (AvgIpc) is 2.37. The summed E-state index contributed by atoms with van der Waals surface area (Å²) in [6.07, 6.45) is 6.59. The van der Waals surface area contributed by atoms with E-state index in [9.17, 15) is 0 Å². The minimum absolute atomic E-state index is 1.23. The molecule has 0 saturated carbocycles. The third kappa shape index (κ3) is 2.88. The normalized spacial score (nSPS) is 10.9. The summed E-state index contributed by atoms with van der Waals surface area (Å²) in [5.41, 5.74) is 3.00. The van der Waals surface area contributed by atoms with E-state index in [-0.39, 0.29) is 0 Å². The molecule has 0 aliphatic rings. The Balaban J connectivity index is 2.22. The molecule has 90 valence electrons. The summed E-state index contributed by atoms with van der Waals surface area (Å²) in [5, 5.41) is 2.83. The number of benzene rings is 2. The molecule has 0 spiro atoms. The molecule has 0 bridgehead atoms. The van der Waals surface area contributed by atoms with Gasteiger partial charge in [-0.2, -0.15) is 0 Å². The van der Waals surface area contributed by atoms with Crippen LogP contribution in [0.3, 0.4) is 0 Å². The van der Waals surface area contributed by atoms with Gasteiger partial charge in [-0.15, -0.1) is 0 Å². The Labute approximate surface area is 105 Å². The highest BCUT2D eigenvalue weighted by Crippen LogP contribution is 2.24. The third-order valence-electron chi connectivity index (χ3n) is 3.56. The van der Waals surface area contributed by atoms with Gasteiger partial charge in [-0.3, -0.25) is 0 Å². The molecule has 2 aromatic carbocycles. The Morgan fingerprint density at radius 2 is 1.71 bits per heavy atom. The minimum Gasteiger partial charge on any atom is -0.0654 e. The fourth-order valence-electron chi connectivity index (χ4n) is 2.51. The predicted octanol–water partition coefficient (Wildman–Crippen LogP) is 5.27. The zero-order chi connectivity index (χ0) is 12.1. The predicted molar refractivity (Wildman–Crippen MR) is 76.5 cm³/mol. The van der Waals surface area contributed by atoms with Crippen molar-refractivity contribution in [2.75, 3.05) is 0 Å². The van der Waals surface area contributed by atoms with Crippen molar-refractivity contribution < 1.29 is 0 Å². The first-order valence-corrected chi connectivity index (χ1v) is 6.80. The lowest BCUT2D eigenvalue weighted by Crippen LogP contribution is -1.92. The molecule has 0 N–H and O–H groups in total. The van der Waals surface area contributed by atoms with Crippen LogP contribution in [0.15, 0.2) is 36.4 Å². The van der Waals surface area contributed by atoms with Crippen molar-refractivity contribution in [1.29, 1.82) is 0 Å². The Morgan fingerprint density at radius 3 is 2.53 bits per heavy atom. The second-order valence-corrected chi connectivity index (χ2v) is 4.89. The average molecular weight is 226 g/mol. The van der Waals surface area contributed by atoms with Gasteiger partial charge in [-0.1, -0.05) is 62.6 Å². The molecular weight excluding hydrogens is 204 g/mol. The molecule has 2 rings (SSSR count). The smallest absolute Gasteiger partial charge is 0.0149 e. The van der Waals surface area contributed by atoms with Crippen LogP contribution in [-0.2, 0) is 6.42 Å². The summed E-state index contributed by atoms with van der Waals surface area (Å²) in [4.78, 5) is 0. The van der Waals surface area contributed by atoms with Gasteiger partial charge in [0.2, 0.25) is 0 Å². The molecule has 0 amide bonds. The molecule has 0 atom stereocenters. The van der Waals surface area contributed by atoms with Crippen LogP contribution in [0.2, 0.25) is 0 Å². The quantitative estimate of drug-likeness (QED) is 0.609. The molecule has 0 radical (unpaired) electrons. The Morgan fingerprint density at radius 1 is 0.882 bits per heavy atom. The molecular formula is C17H22. The highest BCUT2D eigenvalue weighted by atomic mass is 14.1. The van der Waals surface area contributed by atoms with Crippen molar-refractivity contribution in [2.24, 2.45) is 0 Å². The van der Waals surface area contributed by atoms with Crippen LogP contribution in [0, 0.1) is 6.92 Å². The second-order valence-electron chi connectivity index (χ2n) is 4.89. The summed E-state index contributed by atoms with van der Waals surface area (Å²) in [5.74, 6) is 0. The van der Waals surface area contributed by atoms with Gasteiger partial charge in [-0.05, 0) is 41.7 Å². The van der Waals surface area contributed by atoms with E-state index in [1.54, 1.807) is 5.56 Å². The summed E-state index contributed by atoms with van der Waals surface area (Å²) in [6, 6.07) is 13.2. The minimum atomic E-state index is 1.23. The fourth-order valence-corrected chi connectivity index (χ4v) is 2.51. The van der Waals surface area contributed by atoms with Gasteiger partial charge in [0.1, 0.15) is 0 Å². The molecule has 0 heteroatoms. The van der Waals surface area contributed by atoms with Crippen LogP contribution in [-0.4, -0.2) is 0 Å². The SMILES string of the molecule is CCCCCCc1c(C)ccc2ccccc12. The third-order valence-corrected chi connectivity index (χ3v) is 3.56. The lowest BCUT2D eigenvalue weighted by Gasteiger charge is -2.10. The van der Waals surface area contributed by atoms with Crippen LogP contribution >= 0.6 is 0 Å². The number of unbranched alkanes of at least 4 members (excludes halogenated alkanes) is 3. The van der Waals surface area contributed by atoms with Gasteiger partial charge in [-0.25, -0.2) is 0 Å². The second kappa shape index (κ2) is 5.86. The number of aryl methyl sites for hydroxylation is 2. The number of rotatable bonds is 5. The van der Waals surface area contributed by atoms with Crippen LogP contribution in [0.25, 0.3) is 10.8 Å². The summed E-state index contributed by atoms with van der Waals surface area (Å²) < 4.78 is 0. The highest BCUT2D eigenvalue weighted by Gasteiger charge is 2.03. The molecule has 0 saturated heterocycles. The Hall–Kier alpha value is -1.30. The molecule has 17 heavy (non-hydrogen) atoms. The van der Waals surface area contributed by atoms with Gasteiger partial charge in [0.25, 0.3) is 0 Å². The van der Waals surface area contributed by atoms with E-state index in [1.165, 1.54) is 48.4 Å². The monoisotopic (exact) mass is 226 g/mol. The van der Waals surface area contributed by atoms with Gasteiger partial charge in [0.05, 0.1) is 0 Å². The fraction of sp³-hybridized carbons (Fsp3) is 0.412. The van der Waals surface area contributed by atoms with E-state index in [0.29, 0.717) is 0 Å². The van der Waals surface area contributed by atoms with E-state index in [2.05, 4.69) is 50.2 Å². The highest BCUT2D eigenvalue weighted by molar-refractivity contribution is 5.86. The zero-order valence-electron chi connectivity index (χ0n) is 11.0. The van der Waals surface area contributed by atoms with E-state index in [4.69, 9.17) is 0 Å². The van der Waals surface area contributed by atoms with Crippen molar-refractivity contribution in [3.8, 4) is 0 Å². The topological polar surface area (TPSA) is 0 Å². The molecule has 0 fully saturated rings. The number of hydrogen-bond donors (Lipinski definition) is 0. The lowest BCUT2D eigenvalue weighted by atomic mass is 9.95. The maximum absolute atomic E-state index is 2.27. The summed E-state index contributed by atoms with van der Waals surface area (Å²) >= 11 is 0. The molecule has 0 aliphatic carbocycles. The first-order valence-electron chi connectivity index (χ1n) is 6.80. The van der Waals surface area contributed by atoms with Gasteiger partial charge in [0, 0.05) is 0 Å². The van der Waals surface area contributed by atoms with Crippen molar-refractivity contribution in [2.45, 2.75) is 46.0 Å². The molecule has 0 aromatic heterocycles. The standard InChI is InChI=1S/C17H22/c1-3-4-5-6-10-16-14(2)12-13-15-9-7-8-11-17(15)16/h7-9,11-13H,3-6,10H2,1-2H3. The number of fused-ring (bicyclic) bond motifs is 1. The van der Waals surface area contributed by atoms with Crippen LogP contribution in [0.1, 0.15) is 43.7 Å². The first kappa shape index (κ1) is 12.2. The maximum Gasteiger partial charge on any atom is -0.0149 e. The van der Waals surface area contributed by atoms with E-state index < -0.39 is 0 Å². The van der Waals surface area contributed by atoms with Crippen molar-refractivity contribution in [3.05, 3.63) is 47.5 Å². The van der Waals surface area contributed by atoms with E-state index in [0.717, 1.165) is 0 Å². The molecule has 2 aromatic rings. The van der Waals surface area contributed by atoms with Crippen molar-refractivity contribution >= 4 is 10.8 Å². The van der Waals surface area contributed by atoms with Gasteiger partial charge in [0.15, 0.2) is 0 Å². The molecule has 0 nitrogen and oxygen atoms in total. The molecule has 0 aliphatic heterocycles. The largest absolute Gasteiger partial charge is 0.0654 e. The Kier molecular flexibility index (Phi) is 4.19.